The molecule has 1 atom stereocenters. The van der Waals surface area contributed by atoms with Crippen LogP contribution in [0.3, 0.4) is 0 Å². The highest BCUT2D eigenvalue weighted by molar-refractivity contribution is 8.00. The zero-order valence-corrected chi connectivity index (χ0v) is 12.1. The number of carbonyl (C=O) groups excluding carboxylic acids is 1. The highest BCUT2D eigenvalue weighted by Crippen LogP contribution is 2.26. The van der Waals surface area contributed by atoms with Gasteiger partial charge in [0.05, 0.1) is 18.5 Å². The summed E-state index contributed by atoms with van der Waals surface area (Å²) in [6, 6.07) is 1.65. The maximum absolute atomic E-state index is 12.0. The van der Waals surface area contributed by atoms with Crippen LogP contribution in [0, 0.1) is 0 Å². The molecule has 1 saturated heterocycles. The van der Waals surface area contributed by atoms with Gasteiger partial charge in [-0.3, -0.25) is 0 Å². The minimum Gasteiger partial charge on any atom is -0.462 e. The van der Waals surface area contributed by atoms with Crippen molar-refractivity contribution >= 4 is 29.2 Å². The van der Waals surface area contributed by atoms with E-state index in [4.69, 9.17) is 10.5 Å². The monoisotopic (exact) mass is 281 g/mol. The number of pyridine rings is 1. The number of nitrogens with two attached hydrogens (primary N) is 1. The number of aromatic nitrogens is 1. The molecule has 1 aliphatic heterocycles. The molecule has 2 heterocycles. The number of nitrogen functional groups attached to an aromatic ring is 1. The van der Waals surface area contributed by atoms with E-state index in [2.05, 4.69) is 16.8 Å². The molecule has 2 N–H and O–H groups in total. The molecule has 0 aliphatic carbocycles. The normalized spacial score (nSPS) is 19.3. The third-order valence-electron chi connectivity index (χ3n) is 2.92. The number of rotatable bonds is 3. The third kappa shape index (κ3) is 3.32. The molecule has 0 spiro atoms. The Labute approximate surface area is 117 Å². The topological polar surface area (TPSA) is 68.5 Å². The molecule has 0 aromatic carbocycles. The Kier molecular flexibility index (Phi) is 4.52. The molecule has 19 heavy (non-hydrogen) atoms. The summed E-state index contributed by atoms with van der Waals surface area (Å²) in [7, 11) is 0. The first kappa shape index (κ1) is 14.0. The van der Waals surface area contributed by atoms with Gasteiger partial charge in [-0.05, 0) is 13.0 Å². The molecular formula is C13H19N3O2S. The van der Waals surface area contributed by atoms with Crippen molar-refractivity contribution in [3.05, 3.63) is 17.8 Å². The van der Waals surface area contributed by atoms with Crippen LogP contribution < -0.4 is 10.6 Å². The number of nitrogens with zero attached hydrogens (tertiary/aromatic N) is 2. The molecule has 5 nitrogen and oxygen atoms in total. The Hall–Kier alpha value is -1.43. The van der Waals surface area contributed by atoms with Crippen LogP contribution in [0.5, 0.6) is 0 Å². The quantitative estimate of drug-likeness (QED) is 0.852. The standard InChI is InChI=1S/C13H19N3O2S/c1-3-18-13(17)11-6-10(14)7-15-12(11)16-4-5-19-9(2)8-16/h6-7,9H,3-5,8,14H2,1-2H3. The second-order valence-corrected chi connectivity index (χ2v) is 6.03. The molecule has 1 fully saturated rings. The predicted octanol–water partition coefficient (Wildman–Crippen LogP) is 1.78. The van der Waals surface area contributed by atoms with Crippen molar-refractivity contribution in [2.75, 3.05) is 36.1 Å². The average Bonchev–Trinajstić information content (AvgIpc) is 2.39. The maximum Gasteiger partial charge on any atom is 0.341 e. The maximum atomic E-state index is 12.0. The lowest BCUT2D eigenvalue weighted by molar-refractivity contribution is 0.0526. The molecule has 1 aromatic heterocycles. The van der Waals surface area contributed by atoms with E-state index in [0.29, 0.717) is 28.9 Å². The lowest BCUT2D eigenvalue weighted by Crippen LogP contribution is -2.38. The van der Waals surface area contributed by atoms with Crippen LogP contribution in [0.15, 0.2) is 12.3 Å². The van der Waals surface area contributed by atoms with Crippen LogP contribution in [-0.2, 0) is 4.74 Å². The summed E-state index contributed by atoms with van der Waals surface area (Å²) < 4.78 is 5.07. The first-order valence-corrected chi connectivity index (χ1v) is 7.46. The Balaban J connectivity index is 2.30. The van der Waals surface area contributed by atoms with Crippen LogP contribution in [0.2, 0.25) is 0 Å². The minimum atomic E-state index is -0.358. The summed E-state index contributed by atoms with van der Waals surface area (Å²) in [5.74, 6) is 1.36. The van der Waals surface area contributed by atoms with Crippen LogP contribution in [0.4, 0.5) is 11.5 Å². The van der Waals surface area contributed by atoms with Crippen LogP contribution in [-0.4, -0.2) is 41.7 Å². The van der Waals surface area contributed by atoms with E-state index in [1.54, 1.807) is 19.2 Å². The second-order valence-electron chi connectivity index (χ2n) is 4.49. The van der Waals surface area contributed by atoms with Gasteiger partial charge in [0.2, 0.25) is 0 Å². The van der Waals surface area contributed by atoms with E-state index in [1.165, 1.54) is 0 Å². The molecule has 1 unspecified atom stereocenters. The van der Waals surface area contributed by atoms with Crippen molar-refractivity contribution in [2.45, 2.75) is 19.1 Å². The van der Waals surface area contributed by atoms with E-state index in [9.17, 15) is 4.79 Å². The number of ether oxygens (including phenoxy) is 1. The SMILES string of the molecule is CCOC(=O)c1cc(N)cnc1N1CCSC(C)C1. The fourth-order valence-electron chi connectivity index (χ4n) is 2.10. The van der Waals surface area contributed by atoms with Gasteiger partial charge in [-0.25, -0.2) is 9.78 Å². The number of thioether (sulfide) groups is 1. The lowest BCUT2D eigenvalue weighted by atomic mass is 10.2. The van der Waals surface area contributed by atoms with Crippen molar-refractivity contribution in [1.29, 1.82) is 0 Å². The van der Waals surface area contributed by atoms with Gasteiger partial charge in [0.1, 0.15) is 11.4 Å². The number of hydrogen-bond acceptors (Lipinski definition) is 6. The zero-order valence-electron chi connectivity index (χ0n) is 11.3. The summed E-state index contributed by atoms with van der Waals surface area (Å²) in [5, 5.41) is 0.531. The summed E-state index contributed by atoms with van der Waals surface area (Å²) in [4.78, 5) is 18.5. The molecule has 0 bridgehead atoms. The Bertz CT molecular complexity index is 467. The first-order valence-electron chi connectivity index (χ1n) is 6.41. The van der Waals surface area contributed by atoms with Gasteiger partial charge < -0.3 is 15.4 Å². The highest BCUT2D eigenvalue weighted by atomic mass is 32.2. The molecule has 0 radical (unpaired) electrons. The van der Waals surface area contributed by atoms with Crippen molar-refractivity contribution in [3.8, 4) is 0 Å². The molecule has 0 amide bonds. The van der Waals surface area contributed by atoms with Crippen molar-refractivity contribution < 1.29 is 9.53 Å². The van der Waals surface area contributed by atoms with Gasteiger partial charge in [0.15, 0.2) is 0 Å². The minimum absolute atomic E-state index is 0.347. The summed E-state index contributed by atoms with van der Waals surface area (Å²) in [6.45, 7) is 6.08. The average molecular weight is 281 g/mol. The van der Waals surface area contributed by atoms with Crippen molar-refractivity contribution in [2.24, 2.45) is 0 Å². The Morgan fingerprint density at radius 1 is 1.68 bits per heavy atom. The fourth-order valence-corrected chi connectivity index (χ4v) is 3.11. The van der Waals surface area contributed by atoms with E-state index in [0.717, 1.165) is 18.8 Å². The Morgan fingerprint density at radius 2 is 2.47 bits per heavy atom. The molecule has 6 heteroatoms. The van der Waals surface area contributed by atoms with Crippen LogP contribution in [0.25, 0.3) is 0 Å². The number of hydrogen-bond donors (Lipinski definition) is 1. The molecular weight excluding hydrogens is 262 g/mol. The van der Waals surface area contributed by atoms with Crippen LogP contribution in [0.1, 0.15) is 24.2 Å². The number of esters is 1. The lowest BCUT2D eigenvalue weighted by Gasteiger charge is -2.32. The van der Waals surface area contributed by atoms with E-state index in [1.807, 2.05) is 11.8 Å². The summed E-state index contributed by atoms with van der Waals surface area (Å²) in [5.41, 5.74) is 6.66. The smallest absolute Gasteiger partial charge is 0.341 e. The summed E-state index contributed by atoms with van der Waals surface area (Å²) >= 11 is 1.93. The zero-order chi connectivity index (χ0) is 13.8. The van der Waals surface area contributed by atoms with Crippen LogP contribution >= 0.6 is 11.8 Å². The van der Waals surface area contributed by atoms with Crippen molar-refractivity contribution in [3.63, 3.8) is 0 Å². The van der Waals surface area contributed by atoms with Gasteiger partial charge in [-0.2, -0.15) is 11.8 Å². The third-order valence-corrected chi connectivity index (χ3v) is 4.06. The van der Waals surface area contributed by atoms with Gasteiger partial charge in [-0.1, -0.05) is 6.92 Å². The van der Waals surface area contributed by atoms with Gasteiger partial charge in [-0.15, -0.1) is 0 Å². The fraction of sp³-hybridized carbons (Fsp3) is 0.538. The van der Waals surface area contributed by atoms with E-state index in [-0.39, 0.29) is 5.97 Å². The first-order chi connectivity index (χ1) is 9.11. The number of anilines is 2. The second kappa shape index (κ2) is 6.14. The van der Waals surface area contributed by atoms with E-state index >= 15 is 0 Å². The van der Waals surface area contributed by atoms with Crippen molar-refractivity contribution in [1.82, 2.24) is 4.98 Å². The summed E-state index contributed by atoms with van der Waals surface area (Å²) in [6.07, 6.45) is 1.59. The molecule has 1 aliphatic rings. The molecule has 0 saturated carbocycles. The molecule has 2 rings (SSSR count). The highest BCUT2D eigenvalue weighted by Gasteiger charge is 2.23. The predicted molar refractivity (Wildman–Crippen MR) is 78.7 cm³/mol. The van der Waals surface area contributed by atoms with Gasteiger partial charge >= 0.3 is 5.97 Å². The molecule has 104 valence electrons. The van der Waals surface area contributed by atoms with E-state index < -0.39 is 0 Å². The van der Waals surface area contributed by atoms with Gasteiger partial charge in [0, 0.05) is 24.1 Å². The van der Waals surface area contributed by atoms with Gasteiger partial charge in [0.25, 0.3) is 0 Å². The largest absolute Gasteiger partial charge is 0.462 e. The number of carbonyl (C=O) groups is 1. The Morgan fingerprint density at radius 3 is 3.16 bits per heavy atom. The molecule has 1 aromatic rings.